The minimum absolute atomic E-state index is 0.702. The van der Waals surface area contributed by atoms with Crippen LogP contribution >= 0.6 is 0 Å². The fourth-order valence-electron chi connectivity index (χ4n) is 5.11. The van der Waals surface area contributed by atoms with E-state index in [1.807, 2.05) is 30.3 Å². The quantitative estimate of drug-likeness (QED) is 0.252. The standard InChI is InChI=1S/C31H29NO3/c1-33-25-13-10-23(11-14-25)29-30-27-21-26(34-20-19-32-17-5-6-18-32)15-9-22(27)12-16-28(30)35-31(29)24-7-3-2-4-8-24/h2-4,7-16,21H,5-6,17-20H2,1H3. The van der Waals surface area contributed by atoms with Crippen LogP contribution in [-0.2, 0) is 0 Å². The molecule has 4 nitrogen and oxygen atoms in total. The first-order valence-corrected chi connectivity index (χ1v) is 12.3. The highest BCUT2D eigenvalue weighted by atomic mass is 16.5. The van der Waals surface area contributed by atoms with Crippen LogP contribution in [-0.4, -0.2) is 38.3 Å². The molecule has 1 aliphatic heterocycles. The Bertz CT molecular complexity index is 1450. The molecule has 0 unspecified atom stereocenters. The van der Waals surface area contributed by atoms with Crippen molar-refractivity contribution in [3.05, 3.63) is 84.9 Å². The first kappa shape index (κ1) is 21.8. The Morgan fingerprint density at radius 1 is 0.800 bits per heavy atom. The summed E-state index contributed by atoms with van der Waals surface area (Å²) in [6, 6.07) is 29.1. The van der Waals surface area contributed by atoms with Gasteiger partial charge in [0, 0.05) is 23.1 Å². The van der Waals surface area contributed by atoms with Crippen molar-refractivity contribution in [2.75, 3.05) is 33.4 Å². The van der Waals surface area contributed by atoms with Crippen molar-refractivity contribution in [1.82, 2.24) is 4.90 Å². The maximum absolute atomic E-state index is 6.51. The number of benzene rings is 4. The van der Waals surface area contributed by atoms with Gasteiger partial charge in [-0.15, -0.1) is 0 Å². The maximum atomic E-state index is 6.51. The Labute approximate surface area is 205 Å². The molecule has 176 valence electrons. The number of furan rings is 1. The van der Waals surface area contributed by atoms with Crippen LogP contribution in [0.5, 0.6) is 11.5 Å². The summed E-state index contributed by atoms with van der Waals surface area (Å²) in [5.74, 6) is 2.60. The maximum Gasteiger partial charge on any atom is 0.143 e. The molecule has 0 atom stereocenters. The third kappa shape index (κ3) is 4.26. The van der Waals surface area contributed by atoms with E-state index in [4.69, 9.17) is 13.9 Å². The van der Waals surface area contributed by atoms with Gasteiger partial charge in [-0.25, -0.2) is 0 Å². The zero-order valence-corrected chi connectivity index (χ0v) is 20.0. The van der Waals surface area contributed by atoms with Gasteiger partial charge in [-0.05, 0) is 72.6 Å². The van der Waals surface area contributed by atoms with Gasteiger partial charge >= 0.3 is 0 Å². The van der Waals surface area contributed by atoms with E-state index in [0.717, 1.165) is 56.8 Å². The molecule has 0 N–H and O–H groups in total. The van der Waals surface area contributed by atoms with Crippen molar-refractivity contribution in [2.45, 2.75) is 12.8 Å². The van der Waals surface area contributed by atoms with E-state index in [2.05, 4.69) is 59.5 Å². The summed E-state index contributed by atoms with van der Waals surface area (Å²) in [6.07, 6.45) is 2.60. The van der Waals surface area contributed by atoms with Gasteiger partial charge in [0.2, 0.25) is 0 Å². The van der Waals surface area contributed by atoms with Crippen LogP contribution in [0, 0.1) is 0 Å². The number of rotatable bonds is 7. The monoisotopic (exact) mass is 463 g/mol. The smallest absolute Gasteiger partial charge is 0.143 e. The Morgan fingerprint density at radius 3 is 2.31 bits per heavy atom. The molecule has 0 bridgehead atoms. The first-order chi connectivity index (χ1) is 17.3. The second-order valence-electron chi connectivity index (χ2n) is 9.12. The summed E-state index contributed by atoms with van der Waals surface area (Å²) in [4.78, 5) is 2.48. The van der Waals surface area contributed by atoms with E-state index in [1.165, 1.54) is 31.3 Å². The second-order valence-corrected chi connectivity index (χ2v) is 9.12. The van der Waals surface area contributed by atoms with E-state index in [0.29, 0.717) is 6.61 Å². The number of methoxy groups -OCH3 is 1. The highest BCUT2D eigenvalue weighted by molar-refractivity contribution is 6.16. The third-order valence-corrected chi connectivity index (χ3v) is 6.93. The third-order valence-electron chi connectivity index (χ3n) is 6.93. The molecule has 0 radical (unpaired) electrons. The molecule has 0 spiro atoms. The largest absolute Gasteiger partial charge is 0.497 e. The average molecular weight is 464 g/mol. The predicted molar refractivity (Wildman–Crippen MR) is 142 cm³/mol. The summed E-state index contributed by atoms with van der Waals surface area (Å²) in [5, 5.41) is 3.41. The summed E-state index contributed by atoms with van der Waals surface area (Å²) < 4.78 is 18.1. The molecule has 1 fully saturated rings. The van der Waals surface area contributed by atoms with E-state index in [9.17, 15) is 0 Å². The minimum atomic E-state index is 0.702. The Kier molecular flexibility index (Phi) is 5.89. The van der Waals surface area contributed by atoms with Crippen LogP contribution in [0.15, 0.2) is 89.3 Å². The lowest BCUT2D eigenvalue weighted by Crippen LogP contribution is -2.25. The molecule has 0 aliphatic carbocycles. The molecule has 35 heavy (non-hydrogen) atoms. The van der Waals surface area contributed by atoms with Crippen molar-refractivity contribution in [1.29, 1.82) is 0 Å². The van der Waals surface area contributed by atoms with Crippen LogP contribution in [0.2, 0.25) is 0 Å². The van der Waals surface area contributed by atoms with Crippen molar-refractivity contribution in [3.63, 3.8) is 0 Å². The molecule has 2 heterocycles. The molecular formula is C31H29NO3. The highest BCUT2D eigenvalue weighted by Gasteiger charge is 2.20. The highest BCUT2D eigenvalue weighted by Crippen LogP contribution is 2.44. The zero-order valence-electron chi connectivity index (χ0n) is 20.0. The summed E-state index contributed by atoms with van der Waals surface area (Å²) >= 11 is 0. The van der Waals surface area contributed by atoms with Crippen LogP contribution in [0.25, 0.3) is 44.2 Å². The van der Waals surface area contributed by atoms with Gasteiger partial charge < -0.3 is 13.9 Å². The van der Waals surface area contributed by atoms with Crippen LogP contribution in [0.1, 0.15) is 12.8 Å². The number of fused-ring (bicyclic) bond motifs is 3. The molecule has 1 saturated heterocycles. The molecule has 6 rings (SSSR count). The van der Waals surface area contributed by atoms with Gasteiger partial charge in [0.1, 0.15) is 29.4 Å². The van der Waals surface area contributed by atoms with Crippen molar-refractivity contribution in [3.8, 4) is 33.9 Å². The van der Waals surface area contributed by atoms with Gasteiger partial charge in [0.25, 0.3) is 0 Å². The Morgan fingerprint density at radius 2 is 1.54 bits per heavy atom. The van der Waals surface area contributed by atoms with Gasteiger partial charge in [-0.3, -0.25) is 4.90 Å². The fraction of sp³-hybridized carbons (Fsp3) is 0.226. The van der Waals surface area contributed by atoms with Crippen molar-refractivity contribution < 1.29 is 13.9 Å². The van der Waals surface area contributed by atoms with Gasteiger partial charge in [-0.2, -0.15) is 0 Å². The predicted octanol–water partition coefficient (Wildman–Crippen LogP) is 7.40. The van der Waals surface area contributed by atoms with Gasteiger partial charge in [0.15, 0.2) is 0 Å². The van der Waals surface area contributed by atoms with Crippen molar-refractivity contribution in [2.24, 2.45) is 0 Å². The van der Waals surface area contributed by atoms with Gasteiger partial charge in [0.05, 0.1) is 7.11 Å². The SMILES string of the molecule is COc1ccc(-c2c(-c3ccccc3)oc3ccc4ccc(OCCN5CCCC5)cc4c23)cc1. The van der Waals surface area contributed by atoms with Gasteiger partial charge in [-0.1, -0.05) is 54.6 Å². The van der Waals surface area contributed by atoms with Crippen LogP contribution < -0.4 is 9.47 Å². The molecule has 4 aromatic carbocycles. The summed E-state index contributed by atoms with van der Waals surface area (Å²) in [7, 11) is 1.69. The lowest BCUT2D eigenvalue weighted by Gasteiger charge is -2.15. The molecule has 1 aromatic heterocycles. The topological polar surface area (TPSA) is 34.8 Å². The van der Waals surface area contributed by atoms with E-state index in [1.54, 1.807) is 7.11 Å². The van der Waals surface area contributed by atoms with Crippen LogP contribution in [0.4, 0.5) is 0 Å². The number of ether oxygens (including phenoxy) is 2. The molecular weight excluding hydrogens is 434 g/mol. The van der Waals surface area contributed by atoms with Crippen LogP contribution in [0.3, 0.4) is 0 Å². The number of likely N-dealkylation sites (tertiary alicyclic amines) is 1. The molecule has 0 amide bonds. The molecule has 1 aliphatic rings. The molecule has 5 aromatic rings. The average Bonchev–Trinajstić information content (AvgIpc) is 3.57. The summed E-state index contributed by atoms with van der Waals surface area (Å²) in [6.45, 7) is 4.05. The minimum Gasteiger partial charge on any atom is -0.497 e. The van der Waals surface area contributed by atoms with E-state index >= 15 is 0 Å². The van der Waals surface area contributed by atoms with Crippen molar-refractivity contribution >= 4 is 21.7 Å². The Balaban J connectivity index is 1.48. The molecule has 4 heteroatoms. The molecule has 0 saturated carbocycles. The van der Waals surface area contributed by atoms with E-state index < -0.39 is 0 Å². The number of hydrogen-bond acceptors (Lipinski definition) is 4. The lowest BCUT2D eigenvalue weighted by molar-refractivity contribution is 0.238. The number of hydrogen-bond donors (Lipinski definition) is 0. The number of nitrogens with zero attached hydrogens (tertiary/aromatic N) is 1. The Hall–Kier alpha value is -3.76. The fourth-order valence-corrected chi connectivity index (χ4v) is 5.11. The summed E-state index contributed by atoms with van der Waals surface area (Å²) in [5.41, 5.74) is 4.11. The normalized spacial score (nSPS) is 14.1. The second kappa shape index (κ2) is 9.47. The zero-order chi connectivity index (χ0) is 23.6. The lowest BCUT2D eigenvalue weighted by atomic mass is 9.95. The van der Waals surface area contributed by atoms with E-state index in [-0.39, 0.29) is 0 Å². The first-order valence-electron chi connectivity index (χ1n) is 12.3.